The van der Waals surface area contributed by atoms with E-state index in [1.807, 2.05) is 42.5 Å². The van der Waals surface area contributed by atoms with Crippen molar-refractivity contribution in [2.75, 3.05) is 0 Å². The quantitative estimate of drug-likeness (QED) is 0.563. The first-order chi connectivity index (χ1) is 13.7. The van der Waals surface area contributed by atoms with Gasteiger partial charge in [0, 0.05) is 18.6 Å². The number of carbonyl (C=O) groups excluding carboxylic acids is 1. The molecular formula is C21H16N5O2. The summed E-state index contributed by atoms with van der Waals surface area (Å²) in [7, 11) is 0. The maximum Gasteiger partial charge on any atom is 0.259 e. The lowest BCUT2D eigenvalue weighted by molar-refractivity contribution is 0.0939. The van der Waals surface area contributed by atoms with Gasteiger partial charge >= 0.3 is 0 Å². The third-order valence-electron chi connectivity index (χ3n) is 4.20. The molecule has 0 bridgehead atoms. The number of rotatable bonds is 5. The van der Waals surface area contributed by atoms with Crippen LogP contribution in [0, 0.1) is 6.07 Å². The van der Waals surface area contributed by atoms with Gasteiger partial charge in [0.15, 0.2) is 0 Å². The summed E-state index contributed by atoms with van der Waals surface area (Å²) in [5.41, 5.74) is 1.79. The molecular weight excluding hydrogens is 354 g/mol. The third-order valence-corrected chi connectivity index (χ3v) is 4.20. The molecule has 2 N–H and O–H groups in total. The number of aromatic hydroxyl groups is 1. The number of carbonyl (C=O) groups is 1. The molecule has 4 rings (SSSR count). The Bertz CT molecular complexity index is 1030. The Balaban J connectivity index is 1.63. The zero-order chi connectivity index (χ0) is 19.3. The van der Waals surface area contributed by atoms with Gasteiger partial charge in [-0.1, -0.05) is 54.6 Å². The Labute approximate surface area is 161 Å². The summed E-state index contributed by atoms with van der Waals surface area (Å²) in [6.07, 6.45) is 4.50. The van der Waals surface area contributed by atoms with Crippen LogP contribution in [-0.4, -0.2) is 30.8 Å². The van der Waals surface area contributed by atoms with Crippen molar-refractivity contribution >= 4 is 5.91 Å². The zero-order valence-electron chi connectivity index (χ0n) is 14.7. The van der Waals surface area contributed by atoms with Crippen LogP contribution < -0.4 is 5.32 Å². The van der Waals surface area contributed by atoms with Crippen LogP contribution in [0.2, 0.25) is 0 Å². The number of nitrogens with one attached hydrogen (secondary N) is 1. The molecule has 2 aromatic heterocycles. The van der Waals surface area contributed by atoms with Gasteiger partial charge in [0.25, 0.3) is 11.9 Å². The molecule has 0 fully saturated rings. The van der Waals surface area contributed by atoms with E-state index < -0.39 is 17.8 Å². The Hall–Kier alpha value is -4.00. The van der Waals surface area contributed by atoms with Gasteiger partial charge in [-0.05, 0) is 23.3 Å². The number of amides is 1. The van der Waals surface area contributed by atoms with Gasteiger partial charge in [-0.3, -0.25) is 4.79 Å². The number of hydrogen-bond acceptors (Lipinski definition) is 5. The molecule has 0 aliphatic carbocycles. The molecule has 0 aliphatic rings. The van der Waals surface area contributed by atoms with E-state index in [0.29, 0.717) is 0 Å². The highest BCUT2D eigenvalue weighted by atomic mass is 16.3. The SMILES string of the molecule is O=C(NC(c1cc[c]cc1)c1ccccc1)c1cnc(-n2cccn2)nc1O. The van der Waals surface area contributed by atoms with E-state index in [-0.39, 0.29) is 11.5 Å². The molecule has 1 amide bonds. The van der Waals surface area contributed by atoms with Crippen LogP contribution in [-0.2, 0) is 0 Å². The molecule has 7 heteroatoms. The average molecular weight is 370 g/mol. The highest BCUT2D eigenvalue weighted by molar-refractivity contribution is 5.96. The summed E-state index contributed by atoms with van der Waals surface area (Å²) in [6.45, 7) is 0. The fraction of sp³-hybridized carbons (Fsp3) is 0.0476. The van der Waals surface area contributed by atoms with Crippen molar-refractivity contribution in [3.05, 3.63) is 102 Å². The van der Waals surface area contributed by atoms with E-state index in [9.17, 15) is 9.90 Å². The van der Waals surface area contributed by atoms with Gasteiger partial charge in [0.2, 0.25) is 5.88 Å². The summed E-state index contributed by atoms with van der Waals surface area (Å²) in [6, 6.07) is 21.2. The van der Waals surface area contributed by atoms with E-state index in [1.54, 1.807) is 30.6 Å². The van der Waals surface area contributed by atoms with Crippen LogP contribution in [0.4, 0.5) is 0 Å². The van der Waals surface area contributed by atoms with Crippen LogP contribution in [0.5, 0.6) is 5.88 Å². The Morgan fingerprint density at radius 3 is 2.50 bits per heavy atom. The summed E-state index contributed by atoms with van der Waals surface area (Å²) in [5.74, 6) is -0.713. The van der Waals surface area contributed by atoms with Crippen molar-refractivity contribution < 1.29 is 9.90 Å². The number of aromatic nitrogens is 4. The highest BCUT2D eigenvalue weighted by Crippen LogP contribution is 2.23. The molecule has 0 saturated heterocycles. The van der Waals surface area contributed by atoms with Crippen LogP contribution in [0.15, 0.2) is 79.3 Å². The van der Waals surface area contributed by atoms with E-state index in [4.69, 9.17) is 0 Å². The highest BCUT2D eigenvalue weighted by Gasteiger charge is 2.21. The molecule has 2 heterocycles. The lowest BCUT2D eigenvalue weighted by atomic mass is 9.98. The minimum Gasteiger partial charge on any atom is -0.493 e. The summed E-state index contributed by atoms with van der Waals surface area (Å²) in [4.78, 5) is 20.9. The monoisotopic (exact) mass is 370 g/mol. The lowest BCUT2D eigenvalue weighted by Crippen LogP contribution is -2.29. The lowest BCUT2D eigenvalue weighted by Gasteiger charge is -2.20. The van der Waals surface area contributed by atoms with Crippen molar-refractivity contribution in [2.45, 2.75) is 6.04 Å². The molecule has 4 aromatic rings. The Kier molecular flexibility index (Phi) is 4.79. The third kappa shape index (κ3) is 3.59. The minimum absolute atomic E-state index is 0.0145. The van der Waals surface area contributed by atoms with Gasteiger partial charge in [-0.25, -0.2) is 9.67 Å². The molecule has 1 radical (unpaired) electrons. The van der Waals surface area contributed by atoms with Crippen molar-refractivity contribution in [3.63, 3.8) is 0 Å². The second-order valence-electron chi connectivity index (χ2n) is 6.01. The molecule has 2 aromatic carbocycles. The fourth-order valence-corrected chi connectivity index (χ4v) is 2.83. The molecule has 1 atom stereocenters. The maximum absolute atomic E-state index is 12.8. The number of benzene rings is 2. The van der Waals surface area contributed by atoms with Crippen molar-refractivity contribution in [3.8, 4) is 11.8 Å². The Morgan fingerprint density at radius 1 is 1.07 bits per heavy atom. The summed E-state index contributed by atoms with van der Waals surface area (Å²) >= 11 is 0. The predicted molar refractivity (Wildman–Crippen MR) is 102 cm³/mol. The molecule has 0 spiro atoms. The van der Waals surface area contributed by atoms with E-state index >= 15 is 0 Å². The van der Waals surface area contributed by atoms with Crippen LogP contribution >= 0.6 is 0 Å². The van der Waals surface area contributed by atoms with Crippen LogP contribution in [0.3, 0.4) is 0 Å². The van der Waals surface area contributed by atoms with Gasteiger partial charge < -0.3 is 10.4 Å². The van der Waals surface area contributed by atoms with Gasteiger partial charge in [0.05, 0.1) is 6.04 Å². The second-order valence-corrected chi connectivity index (χ2v) is 6.01. The minimum atomic E-state index is -0.480. The first-order valence-electron chi connectivity index (χ1n) is 8.60. The Morgan fingerprint density at radius 2 is 1.82 bits per heavy atom. The van der Waals surface area contributed by atoms with Crippen molar-refractivity contribution in [1.82, 2.24) is 25.1 Å². The van der Waals surface area contributed by atoms with Crippen LogP contribution in [0.25, 0.3) is 5.95 Å². The van der Waals surface area contributed by atoms with Gasteiger partial charge in [0.1, 0.15) is 5.56 Å². The molecule has 0 aliphatic heterocycles. The van der Waals surface area contributed by atoms with Crippen LogP contribution in [0.1, 0.15) is 27.5 Å². The smallest absolute Gasteiger partial charge is 0.259 e. The predicted octanol–water partition coefficient (Wildman–Crippen LogP) is 2.69. The first kappa shape index (κ1) is 17.4. The second kappa shape index (κ2) is 7.71. The zero-order valence-corrected chi connectivity index (χ0v) is 14.7. The average Bonchev–Trinajstić information content (AvgIpc) is 3.28. The molecule has 137 valence electrons. The standard InChI is InChI=1S/C21H16N5O2/c27-19(17-14-22-21(25-20(17)28)26-13-7-12-23-26)24-18(15-8-3-1-4-9-15)16-10-5-2-6-11-16/h1,3-14,18H,(H,24,27)(H,22,25,28). The normalized spacial score (nSPS) is 10.8. The molecule has 1 unspecified atom stereocenters. The molecule has 0 saturated carbocycles. The molecule has 28 heavy (non-hydrogen) atoms. The molecule has 7 nitrogen and oxygen atoms in total. The van der Waals surface area contributed by atoms with E-state index in [0.717, 1.165) is 11.1 Å². The van der Waals surface area contributed by atoms with E-state index in [2.05, 4.69) is 26.4 Å². The van der Waals surface area contributed by atoms with Crippen molar-refractivity contribution in [2.24, 2.45) is 0 Å². The number of nitrogens with zero attached hydrogens (tertiary/aromatic N) is 4. The van der Waals surface area contributed by atoms with Gasteiger partial charge in [-0.15, -0.1) is 0 Å². The maximum atomic E-state index is 12.8. The summed E-state index contributed by atoms with van der Waals surface area (Å²) < 4.78 is 1.40. The topological polar surface area (TPSA) is 92.9 Å². The first-order valence-corrected chi connectivity index (χ1v) is 8.60. The van der Waals surface area contributed by atoms with Gasteiger partial charge in [-0.2, -0.15) is 10.1 Å². The summed E-state index contributed by atoms with van der Waals surface area (Å²) in [5, 5.41) is 17.2. The number of hydrogen-bond donors (Lipinski definition) is 2. The van der Waals surface area contributed by atoms with E-state index in [1.165, 1.54) is 10.9 Å². The van der Waals surface area contributed by atoms with Crippen molar-refractivity contribution in [1.29, 1.82) is 0 Å². The fourth-order valence-electron chi connectivity index (χ4n) is 2.83. The largest absolute Gasteiger partial charge is 0.493 e.